The molecule has 2 atom stereocenters. The lowest BCUT2D eigenvalue weighted by Crippen LogP contribution is -2.47. The molecular weight excluding hydrogens is 1430 g/mol. The Labute approximate surface area is 647 Å². The zero-order valence-electron chi connectivity index (χ0n) is 63.9. The largest absolute Gasteiger partial charge is 0.445 e. The number of amides is 8. The van der Waals surface area contributed by atoms with Crippen LogP contribution in [0.2, 0.25) is 0 Å². The summed E-state index contributed by atoms with van der Waals surface area (Å²) >= 11 is 0. The maximum Gasteiger partial charge on any atom is 0.408 e. The number of ether oxygens (including phenoxy) is 15. The van der Waals surface area contributed by atoms with Gasteiger partial charge in [-0.15, -0.1) is 0 Å². The fraction of sp³-hybridized carbons (Fsp3) is 0.595. The van der Waals surface area contributed by atoms with Crippen LogP contribution in [-0.4, -0.2) is 245 Å². The van der Waals surface area contributed by atoms with Gasteiger partial charge in [-0.05, 0) is 80.0 Å². The maximum absolute atomic E-state index is 13.1. The minimum absolute atomic E-state index is 0.0629. The minimum atomic E-state index is -0.838. The fourth-order valence-corrected chi connectivity index (χ4v) is 9.80. The lowest BCUT2D eigenvalue weighted by molar-refractivity contribution is -0.124. The van der Waals surface area contributed by atoms with Gasteiger partial charge in [-0.2, -0.15) is 0 Å². The maximum atomic E-state index is 13.1. The second kappa shape index (κ2) is 67.3. The van der Waals surface area contributed by atoms with Crippen molar-refractivity contribution >= 4 is 48.0 Å². The average molecular weight is 1550 g/mol. The number of alkyl carbamates (subject to hydrolysis) is 4. The quantitative estimate of drug-likeness (QED) is 0.0161. The minimum Gasteiger partial charge on any atom is -0.445 e. The molecule has 0 aliphatic rings. The summed E-state index contributed by atoms with van der Waals surface area (Å²) in [6, 6.07) is 35.6. The molecule has 31 heteroatoms. The molecule has 4 rings (SSSR count). The number of hydrogen-bond acceptors (Lipinski definition) is 23. The Morgan fingerprint density at radius 1 is 0.236 bits per heavy atom. The van der Waals surface area contributed by atoms with Gasteiger partial charge in [-0.25, -0.2) is 19.2 Å². The Bertz CT molecular complexity index is 2980. The molecule has 8 N–H and O–H groups in total. The zero-order chi connectivity index (χ0) is 78.3. The van der Waals surface area contributed by atoms with Crippen LogP contribution in [0.4, 0.5) is 19.2 Å². The van der Waals surface area contributed by atoms with Gasteiger partial charge in [-0.3, -0.25) is 19.2 Å². The summed E-state index contributed by atoms with van der Waals surface area (Å²) < 4.78 is 82.5. The topological polar surface area (TPSA) is 371 Å². The summed E-state index contributed by atoms with van der Waals surface area (Å²) in [6.45, 7) is 11.3. The Kier molecular flexibility index (Phi) is 57.4. The second-order valence-corrected chi connectivity index (χ2v) is 24.8. The number of nitrogens with one attached hydrogen (secondary N) is 8. The van der Waals surface area contributed by atoms with Crippen molar-refractivity contribution in [3.8, 4) is 0 Å². The van der Waals surface area contributed by atoms with Crippen LogP contribution in [0, 0.1) is 0 Å². The van der Waals surface area contributed by atoms with E-state index in [1.54, 1.807) is 0 Å². The Hall–Kier alpha value is -8.60. The van der Waals surface area contributed by atoms with E-state index in [0.717, 1.165) is 22.3 Å². The van der Waals surface area contributed by atoms with Crippen molar-refractivity contribution in [3.63, 3.8) is 0 Å². The van der Waals surface area contributed by atoms with Crippen LogP contribution in [-0.2, 0) is 117 Å². The highest BCUT2D eigenvalue weighted by molar-refractivity contribution is 5.86. The molecule has 31 nitrogen and oxygen atoms in total. The molecule has 8 amide bonds. The summed E-state index contributed by atoms with van der Waals surface area (Å²) in [5, 5.41) is 22.3. The smallest absolute Gasteiger partial charge is 0.408 e. The van der Waals surface area contributed by atoms with Gasteiger partial charge in [0, 0.05) is 78.5 Å². The number of hydrogen-bond donors (Lipinski definition) is 8. The molecule has 0 spiro atoms. The molecule has 0 unspecified atom stereocenters. The number of carbonyl (C=O) groups excluding carboxylic acids is 8. The van der Waals surface area contributed by atoms with Crippen LogP contribution in [0.1, 0.15) is 106 Å². The van der Waals surface area contributed by atoms with Crippen LogP contribution >= 0.6 is 0 Å². The van der Waals surface area contributed by atoms with Crippen molar-refractivity contribution in [2.45, 2.75) is 122 Å². The number of rotatable bonds is 69. The van der Waals surface area contributed by atoms with Crippen LogP contribution in [0.5, 0.6) is 0 Å². The molecule has 110 heavy (non-hydrogen) atoms. The van der Waals surface area contributed by atoms with Crippen molar-refractivity contribution in [3.05, 3.63) is 144 Å². The van der Waals surface area contributed by atoms with Crippen molar-refractivity contribution in [2.24, 2.45) is 0 Å². The Morgan fingerprint density at radius 2 is 0.473 bits per heavy atom. The third-order valence-corrected chi connectivity index (χ3v) is 15.7. The second-order valence-electron chi connectivity index (χ2n) is 24.8. The molecule has 0 aliphatic carbocycles. The van der Waals surface area contributed by atoms with Gasteiger partial charge in [0.15, 0.2) is 0 Å². The molecule has 0 aromatic heterocycles. The van der Waals surface area contributed by atoms with E-state index in [1.807, 2.05) is 121 Å². The van der Waals surface area contributed by atoms with E-state index in [2.05, 4.69) is 42.5 Å². The average Bonchev–Trinajstić information content (AvgIpc) is 0.919. The summed E-state index contributed by atoms with van der Waals surface area (Å²) in [7, 11) is 0. The van der Waals surface area contributed by atoms with Gasteiger partial charge in [0.05, 0.1) is 119 Å². The Morgan fingerprint density at radius 3 is 0.773 bits per heavy atom. The normalized spacial score (nSPS) is 11.5. The third-order valence-electron chi connectivity index (χ3n) is 15.7. The van der Waals surface area contributed by atoms with Crippen molar-refractivity contribution in [2.75, 3.05) is 185 Å². The first-order valence-electron chi connectivity index (χ1n) is 38.3. The highest BCUT2D eigenvalue weighted by atomic mass is 16.6. The van der Waals surface area contributed by atoms with Crippen LogP contribution in [0.3, 0.4) is 0 Å². The summed E-state index contributed by atoms with van der Waals surface area (Å²) in [5.41, 5.74) is 3.42. The zero-order valence-corrected chi connectivity index (χ0v) is 63.9. The fourth-order valence-electron chi connectivity index (χ4n) is 9.80. The van der Waals surface area contributed by atoms with Crippen molar-refractivity contribution in [1.82, 2.24) is 42.5 Å². The molecule has 0 heterocycles. The molecule has 0 radical (unpaired) electrons. The van der Waals surface area contributed by atoms with E-state index >= 15 is 0 Å². The van der Waals surface area contributed by atoms with E-state index in [4.69, 9.17) is 71.1 Å². The highest BCUT2D eigenvalue weighted by Crippen LogP contribution is 2.10. The standard InChI is InChI=1S/C79H120N8O23/c88-72(80-36-18-40-96-46-52-102-54-48-98-42-20-38-82-74(90)70(86-78(94)109-64-68-26-10-3-11-27-68)30-14-5-16-34-84-76(92)107-62-66-22-6-1-7-23-66)32-44-100-50-56-104-58-60-106-61-59-105-57-51-101-45-33-73(89)81-37-19-41-97-47-53-103-55-49-99-43-21-39-83-75(91)71(87-79(95)110-65-69-28-12-4-13-29-69)31-15-17-35-85-77(93)108-63-67-24-8-2-9-25-67/h1-4,6-13,22-29,70-71H,5,14-21,30-65H2,(H,80,88)(H,81,89)(H,82,90)(H,83,91)(H,84,92)(H,85,93)(H,86,94)(H,87,95)/t70-,71-/m0/s1. The van der Waals surface area contributed by atoms with Crippen molar-refractivity contribution < 1.29 is 109 Å². The molecule has 0 fully saturated rings. The van der Waals surface area contributed by atoms with E-state index in [-0.39, 0.29) is 76.1 Å². The number of carbonyl (C=O) groups is 8. The van der Waals surface area contributed by atoms with E-state index in [1.165, 1.54) is 0 Å². The van der Waals surface area contributed by atoms with E-state index in [9.17, 15) is 38.4 Å². The van der Waals surface area contributed by atoms with Crippen LogP contribution in [0.15, 0.2) is 121 Å². The first kappa shape index (κ1) is 93.8. The first-order chi connectivity index (χ1) is 54.0. The van der Waals surface area contributed by atoms with Gasteiger partial charge >= 0.3 is 24.4 Å². The molecular formula is C79H120N8O23. The van der Waals surface area contributed by atoms with Gasteiger partial charge in [0.1, 0.15) is 38.5 Å². The molecule has 614 valence electrons. The lowest BCUT2D eigenvalue weighted by Gasteiger charge is -2.18. The van der Waals surface area contributed by atoms with Gasteiger partial charge in [0.2, 0.25) is 23.6 Å². The summed E-state index contributed by atoms with van der Waals surface area (Å²) in [5.74, 6) is -0.886. The van der Waals surface area contributed by atoms with Gasteiger partial charge < -0.3 is 114 Å². The molecule has 0 aliphatic heterocycles. The van der Waals surface area contributed by atoms with Crippen LogP contribution < -0.4 is 42.5 Å². The highest BCUT2D eigenvalue weighted by Gasteiger charge is 2.23. The molecule has 0 saturated heterocycles. The first-order valence-corrected chi connectivity index (χ1v) is 38.3. The van der Waals surface area contributed by atoms with E-state index < -0.39 is 36.5 Å². The lowest BCUT2D eigenvalue weighted by atomic mass is 10.1. The Balaban J connectivity index is 0.819. The molecule has 4 aromatic rings. The SMILES string of the molecule is O=C(CCOCCOCCOCCOCCOCCC(=O)NCCCOCCOCCOCCCNC(=O)[C@H](CCCCNC(=O)OCc1ccccc1)NC(=O)OCc1ccccc1)NCCCOCCOCCOCCCNC(=O)[C@H](CCCCCNC(=O)OCc1ccccc1)NC(=O)OCc1ccccc1. The van der Waals surface area contributed by atoms with E-state index in [0.29, 0.717) is 242 Å². The summed E-state index contributed by atoms with van der Waals surface area (Å²) in [4.78, 5) is 100. The predicted molar refractivity (Wildman–Crippen MR) is 407 cm³/mol. The van der Waals surface area contributed by atoms with Crippen molar-refractivity contribution in [1.29, 1.82) is 0 Å². The monoisotopic (exact) mass is 1550 g/mol. The van der Waals surface area contributed by atoms with Gasteiger partial charge in [0.25, 0.3) is 0 Å². The van der Waals surface area contributed by atoms with Crippen LogP contribution in [0.25, 0.3) is 0 Å². The van der Waals surface area contributed by atoms with Gasteiger partial charge in [-0.1, -0.05) is 134 Å². The molecule has 0 bridgehead atoms. The molecule has 0 saturated carbocycles. The number of unbranched alkanes of at least 4 members (excludes halogenated alkanes) is 3. The number of benzene rings is 4. The molecule has 4 aromatic carbocycles. The predicted octanol–water partition coefficient (Wildman–Crippen LogP) is 7.15. The summed E-state index contributed by atoms with van der Waals surface area (Å²) in [6.07, 6.45) is 4.29. The third kappa shape index (κ3) is 54.9.